The summed E-state index contributed by atoms with van der Waals surface area (Å²) in [5, 5.41) is 0. The van der Waals surface area contributed by atoms with Crippen LogP contribution in [0.4, 0.5) is 13.2 Å². The van der Waals surface area contributed by atoms with Crippen LogP contribution >= 0.6 is 0 Å². The largest absolute Gasteiger partial charge is 0.454 e. The number of ketones is 1. The van der Waals surface area contributed by atoms with E-state index in [0.29, 0.717) is 6.42 Å². The molecule has 1 amide bonds. The van der Waals surface area contributed by atoms with Crippen LogP contribution in [0, 0.1) is 0 Å². The van der Waals surface area contributed by atoms with Crippen LogP contribution in [0.5, 0.6) is 0 Å². The summed E-state index contributed by atoms with van der Waals surface area (Å²) in [6.45, 7) is 0. The van der Waals surface area contributed by atoms with Crippen molar-refractivity contribution in [3.8, 4) is 0 Å². The Balaban J connectivity index is 2.05. The third-order valence-corrected chi connectivity index (χ3v) is 2.97. The number of amides is 1. The summed E-state index contributed by atoms with van der Waals surface area (Å²) in [5.74, 6) is -2.46. The molecule has 0 fully saturated rings. The van der Waals surface area contributed by atoms with Gasteiger partial charge in [-0.1, -0.05) is 6.07 Å². The van der Waals surface area contributed by atoms with Gasteiger partial charge in [0.05, 0.1) is 0 Å². The summed E-state index contributed by atoms with van der Waals surface area (Å²) in [5.41, 5.74) is 4.54. The van der Waals surface area contributed by atoms with Gasteiger partial charge in [0.1, 0.15) is 5.69 Å². The zero-order valence-corrected chi connectivity index (χ0v) is 10.8. The van der Waals surface area contributed by atoms with Crippen molar-refractivity contribution < 1.29 is 22.8 Å². The second-order valence-corrected chi connectivity index (χ2v) is 4.43. The Hall–Kier alpha value is -2.38. The van der Waals surface area contributed by atoms with E-state index in [2.05, 4.69) is 15.8 Å². The maximum atomic E-state index is 12.4. The predicted octanol–water partition coefficient (Wildman–Crippen LogP) is 1.89. The molecule has 1 aromatic heterocycles. The molecule has 0 radical (unpaired) electrons. The van der Waals surface area contributed by atoms with E-state index in [0.717, 1.165) is 0 Å². The number of allylic oxidation sites excluding steroid dienone is 2. The average Bonchev–Trinajstić information content (AvgIpc) is 2.92. The van der Waals surface area contributed by atoms with Crippen molar-refractivity contribution in [1.29, 1.82) is 0 Å². The van der Waals surface area contributed by atoms with E-state index in [1.54, 1.807) is 12.1 Å². The summed E-state index contributed by atoms with van der Waals surface area (Å²) in [4.78, 5) is 26.8. The molecule has 0 saturated carbocycles. The summed E-state index contributed by atoms with van der Waals surface area (Å²) in [6, 6.07) is 4.70. The molecule has 112 valence electrons. The van der Waals surface area contributed by atoms with Crippen molar-refractivity contribution in [2.24, 2.45) is 0 Å². The molecule has 0 aliphatic heterocycles. The highest BCUT2D eigenvalue weighted by Gasteiger charge is 2.42. The first-order valence-electron chi connectivity index (χ1n) is 6.20. The van der Waals surface area contributed by atoms with Crippen molar-refractivity contribution >= 4 is 11.7 Å². The summed E-state index contributed by atoms with van der Waals surface area (Å²) in [7, 11) is 0. The van der Waals surface area contributed by atoms with E-state index in [-0.39, 0.29) is 29.8 Å². The fourth-order valence-corrected chi connectivity index (χ4v) is 2.00. The van der Waals surface area contributed by atoms with Crippen LogP contribution in [0.3, 0.4) is 0 Å². The molecule has 1 aromatic rings. The van der Waals surface area contributed by atoms with Gasteiger partial charge in [0.15, 0.2) is 0 Å². The Bertz CT molecular complexity index is 582. The van der Waals surface area contributed by atoms with Gasteiger partial charge in [0.2, 0.25) is 0 Å². The van der Waals surface area contributed by atoms with Gasteiger partial charge in [-0.3, -0.25) is 20.0 Å². The van der Waals surface area contributed by atoms with Crippen LogP contribution < -0.4 is 10.9 Å². The van der Waals surface area contributed by atoms with E-state index in [9.17, 15) is 22.8 Å². The maximum Gasteiger partial charge on any atom is 0.454 e. The van der Waals surface area contributed by atoms with Crippen molar-refractivity contribution in [3.63, 3.8) is 0 Å². The normalized spacial score (nSPS) is 15.0. The number of halogens is 3. The number of rotatable bonds is 4. The van der Waals surface area contributed by atoms with E-state index >= 15 is 0 Å². The Kier molecular flexibility index (Phi) is 4.25. The Morgan fingerprint density at radius 1 is 1.19 bits per heavy atom. The first-order valence-corrected chi connectivity index (χ1v) is 6.20. The Labute approximate surface area is 118 Å². The van der Waals surface area contributed by atoms with Crippen LogP contribution in [0.1, 0.15) is 29.8 Å². The number of alkyl halides is 3. The molecule has 2 N–H and O–H groups in total. The molecule has 5 nitrogen and oxygen atoms in total. The molecular formula is C13H12F3N3O2. The van der Waals surface area contributed by atoms with Crippen LogP contribution in [0.25, 0.3) is 0 Å². The second kappa shape index (κ2) is 5.94. The minimum Gasteiger partial charge on any atom is -0.302 e. The highest BCUT2D eigenvalue weighted by Crippen LogP contribution is 2.30. The van der Waals surface area contributed by atoms with Gasteiger partial charge in [-0.2, -0.15) is 13.2 Å². The molecular weight excluding hydrogens is 287 g/mol. The molecule has 1 aliphatic carbocycles. The second-order valence-electron chi connectivity index (χ2n) is 4.43. The average molecular weight is 299 g/mol. The number of Topliss-reactive ketones (excluding diaryl/α,β-unsaturated/α-hetero) is 1. The zero-order valence-electron chi connectivity index (χ0n) is 10.8. The minimum absolute atomic E-state index is 0.0418. The summed E-state index contributed by atoms with van der Waals surface area (Å²) >= 11 is 0. The molecule has 1 heterocycles. The van der Waals surface area contributed by atoms with Gasteiger partial charge in [-0.15, -0.1) is 0 Å². The highest BCUT2D eigenvalue weighted by molar-refractivity contribution is 6.00. The lowest BCUT2D eigenvalue weighted by atomic mass is 10.1. The number of nitrogens with zero attached hydrogens (tertiary/aromatic N) is 1. The van der Waals surface area contributed by atoms with Gasteiger partial charge in [0.25, 0.3) is 11.7 Å². The number of aromatic nitrogens is 1. The van der Waals surface area contributed by atoms with Gasteiger partial charge < -0.3 is 5.43 Å². The van der Waals surface area contributed by atoms with Crippen molar-refractivity contribution in [1.82, 2.24) is 15.8 Å². The molecule has 2 rings (SSSR count). The molecule has 0 bridgehead atoms. The first-order chi connectivity index (χ1) is 9.89. The standard InChI is InChI=1S/C13H12F3N3O2/c14-13(15,16)11(20)8-4-3-6-9(8)18-19-12(21)10-5-1-2-7-17-10/h1-2,5,7,18H,3-4,6H2,(H,19,21). The zero-order chi connectivity index (χ0) is 15.5. The van der Waals surface area contributed by atoms with E-state index in [1.807, 2.05) is 0 Å². The minimum atomic E-state index is -4.91. The van der Waals surface area contributed by atoms with Crippen LogP contribution in [0.2, 0.25) is 0 Å². The third-order valence-electron chi connectivity index (χ3n) is 2.97. The Morgan fingerprint density at radius 3 is 2.57 bits per heavy atom. The van der Waals surface area contributed by atoms with E-state index < -0.39 is 17.9 Å². The quantitative estimate of drug-likeness (QED) is 0.833. The van der Waals surface area contributed by atoms with Crippen LogP contribution in [-0.4, -0.2) is 22.9 Å². The Morgan fingerprint density at radius 2 is 1.95 bits per heavy atom. The van der Waals surface area contributed by atoms with Gasteiger partial charge in [0, 0.05) is 17.5 Å². The number of hydrogen-bond donors (Lipinski definition) is 2. The van der Waals surface area contributed by atoms with E-state index in [1.165, 1.54) is 12.3 Å². The highest BCUT2D eigenvalue weighted by atomic mass is 19.4. The first kappa shape index (κ1) is 15.0. The fourth-order valence-electron chi connectivity index (χ4n) is 2.00. The number of carbonyl (C=O) groups excluding carboxylic acids is 2. The molecule has 0 atom stereocenters. The molecule has 0 spiro atoms. The molecule has 21 heavy (non-hydrogen) atoms. The third kappa shape index (κ3) is 3.59. The lowest BCUT2D eigenvalue weighted by Crippen LogP contribution is -2.38. The lowest BCUT2D eigenvalue weighted by molar-refractivity contribution is -0.166. The predicted molar refractivity (Wildman–Crippen MR) is 66.8 cm³/mol. The van der Waals surface area contributed by atoms with E-state index in [4.69, 9.17) is 0 Å². The van der Waals surface area contributed by atoms with Crippen molar-refractivity contribution in [2.45, 2.75) is 25.4 Å². The maximum absolute atomic E-state index is 12.4. The molecule has 0 aromatic carbocycles. The molecule has 0 saturated heterocycles. The molecule has 1 aliphatic rings. The number of hydrazine groups is 1. The van der Waals surface area contributed by atoms with Gasteiger partial charge >= 0.3 is 6.18 Å². The van der Waals surface area contributed by atoms with Gasteiger partial charge in [-0.25, -0.2) is 0 Å². The van der Waals surface area contributed by atoms with Crippen LogP contribution in [-0.2, 0) is 4.79 Å². The SMILES string of the molecule is O=C(NNC1=C(C(=O)C(F)(F)F)CCC1)c1ccccn1. The van der Waals surface area contributed by atoms with Gasteiger partial charge in [-0.05, 0) is 31.4 Å². The van der Waals surface area contributed by atoms with Crippen LogP contribution in [0.15, 0.2) is 35.7 Å². The number of pyridine rings is 1. The number of hydrogen-bond acceptors (Lipinski definition) is 4. The number of carbonyl (C=O) groups is 2. The van der Waals surface area contributed by atoms with Crippen molar-refractivity contribution in [3.05, 3.63) is 41.4 Å². The van der Waals surface area contributed by atoms with Crippen molar-refractivity contribution in [2.75, 3.05) is 0 Å². The topological polar surface area (TPSA) is 71.1 Å². The fraction of sp³-hybridized carbons (Fsp3) is 0.308. The monoisotopic (exact) mass is 299 g/mol. The summed E-state index contributed by atoms with van der Waals surface area (Å²) < 4.78 is 37.3. The molecule has 0 unspecified atom stereocenters. The lowest BCUT2D eigenvalue weighted by Gasteiger charge is -2.12. The number of nitrogens with one attached hydrogen (secondary N) is 2. The molecule has 8 heteroatoms. The smallest absolute Gasteiger partial charge is 0.302 e. The summed E-state index contributed by atoms with van der Waals surface area (Å²) in [6.07, 6.45) is -2.74.